The lowest BCUT2D eigenvalue weighted by atomic mass is 10.0. The summed E-state index contributed by atoms with van der Waals surface area (Å²) in [5, 5.41) is 0.413. The molecule has 1 aromatic carbocycles. The van der Waals surface area contributed by atoms with Gasteiger partial charge in [0.15, 0.2) is 0 Å². The fourth-order valence-electron chi connectivity index (χ4n) is 1.79. The monoisotopic (exact) mass is 267 g/mol. The second kappa shape index (κ2) is 5.33. The van der Waals surface area contributed by atoms with Crippen molar-refractivity contribution in [2.45, 2.75) is 6.04 Å². The third-order valence-corrected chi connectivity index (χ3v) is 3.11. The molecule has 0 aliphatic rings. The molecule has 0 radical (unpaired) electrons. The number of benzene rings is 1. The van der Waals surface area contributed by atoms with Gasteiger partial charge in [-0.05, 0) is 18.2 Å². The van der Waals surface area contributed by atoms with E-state index in [9.17, 15) is 0 Å². The van der Waals surface area contributed by atoms with E-state index in [4.69, 9.17) is 31.2 Å². The Balaban J connectivity index is 2.48. The SMILES string of the molecule is COc1ccc(C(N)c2ccoc2)c(OC)c1Cl. The van der Waals surface area contributed by atoms with Gasteiger partial charge < -0.3 is 19.6 Å². The van der Waals surface area contributed by atoms with Crippen LogP contribution in [0.5, 0.6) is 11.5 Å². The minimum atomic E-state index is -0.359. The number of methoxy groups -OCH3 is 2. The molecule has 5 heteroatoms. The largest absolute Gasteiger partial charge is 0.495 e. The van der Waals surface area contributed by atoms with Gasteiger partial charge in [-0.3, -0.25) is 0 Å². The van der Waals surface area contributed by atoms with Crippen LogP contribution in [-0.2, 0) is 0 Å². The highest BCUT2D eigenvalue weighted by Gasteiger charge is 2.19. The predicted molar refractivity (Wildman–Crippen MR) is 69.3 cm³/mol. The Kier molecular flexibility index (Phi) is 3.79. The van der Waals surface area contributed by atoms with Crippen LogP contribution in [0.15, 0.2) is 35.1 Å². The van der Waals surface area contributed by atoms with Crippen molar-refractivity contribution < 1.29 is 13.9 Å². The summed E-state index contributed by atoms with van der Waals surface area (Å²) < 4.78 is 15.5. The first-order valence-corrected chi connectivity index (χ1v) is 5.75. The van der Waals surface area contributed by atoms with Gasteiger partial charge in [0.05, 0.1) is 32.8 Å². The van der Waals surface area contributed by atoms with Crippen molar-refractivity contribution in [3.05, 3.63) is 46.9 Å². The number of furan rings is 1. The van der Waals surface area contributed by atoms with Crippen molar-refractivity contribution in [1.29, 1.82) is 0 Å². The van der Waals surface area contributed by atoms with Gasteiger partial charge in [0.25, 0.3) is 0 Å². The van der Waals surface area contributed by atoms with Crippen molar-refractivity contribution in [2.75, 3.05) is 14.2 Å². The Morgan fingerprint density at radius 2 is 2.00 bits per heavy atom. The van der Waals surface area contributed by atoms with Gasteiger partial charge in [-0.15, -0.1) is 0 Å². The fraction of sp³-hybridized carbons (Fsp3) is 0.231. The summed E-state index contributed by atoms with van der Waals surface area (Å²) in [6.45, 7) is 0. The molecule has 4 nitrogen and oxygen atoms in total. The summed E-state index contributed by atoms with van der Waals surface area (Å²) in [6, 6.07) is 5.05. The molecule has 0 amide bonds. The molecule has 18 heavy (non-hydrogen) atoms. The van der Waals surface area contributed by atoms with Crippen molar-refractivity contribution >= 4 is 11.6 Å². The molecular weight excluding hydrogens is 254 g/mol. The Hall–Kier alpha value is -1.65. The van der Waals surface area contributed by atoms with Crippen molar-refractivity contribution in [3.63, 3.8) is 0 Å². The first kappa shape index (κ1) is 12.8. The van der Waals surface area contributed by atoms with Crippen LogP contribution in [0.3, 0.4) is 0 Å². The van der Waals surface area contributed by atoms with Crippen molar-refractivity contribution in [2.24, 2.45) is 5.73 Å². The molecule has 0 fully saturated rings. The van der Waals surface area contributed by atoms with Crippen LogP contribution in [0.2, 0.25) is 5.02 Å². The molecule has 2 rings (SSSR count). The lowest BCUT2D eigenvalue weighted by Gasteiger charge is -2.17. The van der Waals surface area contributed by atoms with Crippen LogP contribution in [0.25, 0.3) is 0 Å². The maximum atomic E-state index is 6.19. The Bertz CT molecular complexity index is 525. The minimum absolute atomic E-state index is 0.359. The lowest BCUT2D eigenvalue weighted by Crippen LogP contribution is -2.12. The smallest absolute Gasteiger partial charge is 0.146 e. The quantitative estimate of drug-likeness (QED) is 0.925. The summed E-state index contributed by atoms with van der Waals surface area (Å²) in [4.78, 5) is 0. The van der Waals surface area contributed by atoms with Crippen molar-refractivity contribution in [3.8, 4) is 11.5 Å². The molecule has 0 saturated carbocycles. The Labute approximate surface area is 110 Å². The summed E-state index contributed by atoms with van der Waals surface area (Å²) in [5.41, 5.74) is 7.80. The van der Waals surface area contributed by atoms with Crippen LogP contribution in [0.4, 0.5) is 0 Å². The van der Waals surface area contributed by atoms with Crippen LogP contribution >= 0.6 is 11.6 Å². The molecule has 1 unspecified atom stereocenters. The van der Waals surface area contributed by atoms with Gasteiger partial charge in [0.2, 0.25) is 0 Å². The predicted octanol–water partition coefficient (Wildman–Crippen LogP) is 3.00. The summed E-state index contributed by atoms with van der Waals surface area (Å²) in [7, 11) is 3.10. The van der Waals surface area contributed by atoms with Gasteiger partial charge in [0.1, 0.15) is 16.5 Å². The molecule has 1 atom stereocenters. The zero-order valence-corrected chi connectivity index (χ0v) is 10.9. The molecule has 0 aliphatic carbocycles. The van der Waals surface area contributed by atoms with Gasteiger partial charge in [-0.1, -0.05) is 11.6 Å². The second-order valence-corrected chi connectivity index (χ2v) is 4.12. The summed E-state index contributed by atoms with van der Waals surface area (Å²) in [6.07, 6.45) is 3.18. The van der Waals surface area contributed by atoms with Crippen LogP contribution in [0, 0.1) is 0 Å². The van der Waals surface area contributed by atoms with Crippen LogP contribution < -0.4 is 15.2 Å². The molecule has 0 saturated heterocycles. The lowest BCUT2D eigenvalue weighted by molar-refractivity contribution is 0.390. The maximum absolute atomic E-state index is 6.19. The average molecular weight is 268 g/mol. The fourth-order valence-corrected chi connectivity index (χ4v) is 2.12. The second-order valence-electron chi connectivity index (χ2n) is 3.74. The molecule has 0 aliphatic heterocycles. The normalized spacial score (nSPS) is 12.2. The Morgan fingerprint density at radius 3 is 2.56 bits per heavy atom. The van der Waals surface area contributed by atoms with E-state index in [0.29, 0.717) is 16.5 Å². The molecule has 1 aromatic heterocycles. The highest BCUT2D eigenvalue weighted by molar-refractivity contribution is 6.33. The van der Waals surface area contributed by atoms with Gasteiger partial charge in [-0.25, -0.2) is 0 Å². The standard InChI is InChI=1S/C13H14ClNO3/c1-16-10-4-3-9(13(17-2)11(10)14)12(15)8-5-6-18-7-8/h3-7,12H,15H2,1-2H3. The zero-order chi connectivity index (χ0) is 13.1. The molecule has 2 aromatic rings. The van der Waals surface area contributed by atoms with Gasteiger partial charge in [0, 0.05) is 11.1 Å². The molecule has 0 spiro atoms. The topological polar surface area (TPSA) is 57.6 Å². The number of rotatable bonds is 4. The summed E-state index contributed by atoms with van der Waals surface area (Å²) in [5.74, 6) is 1.07. The molecule has 1 heterocycles. The van der Waals surface area contributed by atoms with E-state index < -0.39 is 0 Å². The Morgan fingerprint density at radius 1 is 1.22 bits per heavy atom. The number of ether oxygens (including phenoxy) is 2. The number of hydrogen-bond acceptors (Lipinski definition) is 4. The first-order chi connectivity index (χ1) is 8.69. The first-order valence-electron chi connectivity index (χ1n) is 5.37. The average Bonchev–Trinajstić information content (AvgIpc) is 2.91. The maximum Gasteiger partial charge on any atom is 0.146 e. The van der Waals surface area contributed by atoms with E-state index in [-0.39, 0.29) is 6.04 Å². The molecular formula is C13H14ClNO3. The highest BCUT2D eigenvalue weighted by atomic mass is 35.5. The number of halogens is 1. The van der Waals surface area contributed by atoms with Crippen molar-refractivity contribution in [1.82, 2.24) is 0 Å². The third kappa shape index (κ3) is 2.17. The minimum Gasteiger partial charge on any atom is -0.495 e. The van der Waals surface area contributed by atoms with Crippen LogP contribution in [0.1, 0.15) is 17.2 Å². The van der Waals surface area contributed by atoms with Gasteiger partial charge >= 0.3 is 0 Å². The van der Waals surface area contributed by atoms with Crippen LogP contribution in [-0.4, -0.2) is 14.2 Å². The van der Waals surface area contributed by atoms with E-state index in [1.807, 2.05) is 12.1 Å². The number of nitrogens with two attached hydrogens (primary N) is 1. The highest BCUT2D eigenvalue weighted by Crippen LogP contribution is 2.40. The molecule has 2 N–H and O–H groups in total. The van der Waals surface area contributed by atoms with E-state index in [1.165, 1.54) is 0 Å². The molecule has 0 bridgehead atoms. The zero-order valence-electron chi connectivity index (χ0n) is 10.1. The summed E-state index contributed by atoms with van der Waals surface area (Å²) >= 11 is 6.19. The van der Waals surface area contributed by atoms with Gasteiger partial charge in [-0.2, -0.15) is 0 Å². The van der Waals surface area contributed by atoms with E-state index in [1.54, 1.807) is 32.8 Å². The van der Waals surface area contributed by atoms with E-state index in [2.05, 4.69) is 0 Å². The van der Waals surface area contributed by atoms with E-state index >= 15 is 0 Å². The molecule has 96 valence electrons. The van der Waals surface area contributed by atoms with E-state index in [0.717, 1.165) is 11.1 Å². The third-order valence-electron chi connectivity index (χ3n) is 2.75. The number of hydrogen-bond donors (Lipinski definition) is 1.